The number of carbonyl (C=O) groups excluding carboxylic acids is 2. The van der Waals surface area contributed by atoms with Crippen molar-refractivity contribution in [2.75, 3.05) is 43.0 Å². The third-order valence-electron chi connectivity index (χ3n) is 6.46. The van der Waals surface area contributed by atoms with Crippen molar-refractivity contribution < 1.29 is 40.7 Å². The average molecular weight is 628 g/mol. The number of rotatable bonds is 9. The van der Waals surface area contributed by atoms with Gasteiger partial charge in [-0.2, -0.15) is 28.1 Å². The summed E-state index contributed by atoms with van der Waals surface area (Å²) in [7, 11) is -3.95. The van der Waals surface area contributed by atoms with Crippen LogP contribution in [0.2, 0.25) is 0 Å². The van der Waals surface area contributed by atoms with E-state index >= 15 is 0 Å². The van der Waals surface area contributed by atoms with Gasteiger partial charge in [0.15, 0.2) is 6.61 Å². The third kappa shape index (κ3) is 8.24. The molecule has 0 unspecified atom stereocenters. The van der Waals surface area contributed by atoms with Crippen LogP contribution in [0.5, 0.6) is 6.01 Å². The largest absolute Gasteiger partial charge is 0.454 e. The fraction of sp³-hybridized carbons (Fsp3) is 0.500. The SMILES string of the molecule is C=CC1(S(=O)(=O)NC(=O)c2ccc(Nc3nc(OCC(F)(F)F)nc(N4CCN(C(=O)OC(C)(C)C)CC4)n3)cc2)CC1. The number of nitrogens with one attached hydrogen (secondary N) is 2. The Hall–Kier alpha value is -4.15. The summed E-state index contributed by atoms with van der Waals surface area (Å²) in [5.41, 5.74) is -0.265. The number of amides is 2. The van der Waals surface area contributed by atoms with Crippen LogP contribution < -0.4 is 19.7 Å². The van der Waals surface area contributed by atoms with E-state index < -0.39 is 51.2 Å². The molecule has 2 amide bonds. The number of anilines is 3. The van der Waals surface area contributed by atoms with Crippen molar-refractivity contribution in [3.05, 3.63) is 42.5 Å². The number of carbonyl (C=O) groups is 2. The van der Waals surface area contributed by atoms with Gasteiger partial charge in [-0.15, -0.1) is 6.58 Å². The van der Waals surface area contributed by atoms with Crippen LogP contribution in [-0.2, 0) is 14.8 Å². The Morgan fingerprint density at radius 3 is 2.21 bits per heavy atom. The molecule has 2 heterocycles. The molecule has 0 bridgehead atoms. The van der Waals surface area contributed by atoms with Crippen LogP contribution in [0.1, 0.15) is 44.0 Å². The predicted octanol–water partition coefficient (Wildman–Crippen LogP) is 3.39. The van der Waals surface area contributed by atoms with Crippen molar-refractivity contribution >= 4 is 39.6 Å². The van der Waals surface area contributed by atoms with Gasteiger partial charge in [-0.3, -0.25) is 4.79 Å². The Balaban J connectivity index is 1.47. The minimum absolute atomic E-state index is 0.0240. The highest BCUT2D eigenvalue weighted by Crippen LogP contribution is 2.44. The summed E-state index contributed by atoms with van der Waals surface area (Å²) in [6, 6.07) is 5.04. The van der Waals surface area contributed by atoms with E-state index in [9.17, 15) is 31.2 Å². The smallest absolute Gasteiger partial charge is 0.422 e. The Kier molecular flexibility index (Phi) is 8.76. The zero-order valence-corrected chi connectivity index (χ0v) is 24.6. The number of benzene rings is 1. The number of sulfonamides is 1. The molecule has 0 atom stereocenters. The quantitative estimate of drug-likeness (QED) is 0.393. The lowest BCUT2D eigenvalue weighted by Gasteiger charge is -2.35. The first kappa shape index (κ1) is 31.8. The minimum Gasteiger partial charge on any atom is -0.454 e. The van der Waals surface area contributed by atoms with Crippen molar-refractivity contribution in [3.63, 3.8) is 0 Å². The third-order valence-corrected chi connectivity index (χ3v) is 8.56. The van der Waals surface area contributed by atoms with Gasteiger partial charge in [0.05, 0.1) is 0 Å². The van der Waals surface area contributed by atoms with E-state index in [1.54, 1.807) is 25.7 Å². The second-order valence-electron chi connectivity index (χ2n) is 11.0. The first-order chi connectivity index (χ1) is 20.0. The molecule has 43 heavy (non-hydrogen) atoms. The molecule has 1 aliphatic carbocycles. The van der Waals surface area contributed by atoms with E-state index in [0.717, 1.165) is 0 Å². The normalized spacial score (nSPS) is 16.7. The molecular formula is C26H32F3N7O6S. The number of hydrogen-bond donors (Lipinski definition) is 2. The van der Waals surface area contributed by atoms with Gasteiger partial charge in [0.1, 0.15) is 10.3 Å². The number of nitrogens with zero attached hydrogens (tertiary/aromatic N) is 5. The second-order valence-corrected chi connectivity index (χ2v) is 13.0. The lowest BCUT2D eigenvalue weighted by atomic mass is 10.2. The maximum Gasteiger partial charge on any atom is 0.422 e. The van der Waals surface area contributed by atoms with E-state index in [4.69, 9.17) is 9.47 Å². The first-order valence-corrected chi connectivity index (χ1v) is 14.7. The molecule has 2 fully saturated rings. The van der Waals surface area contributed by atoms with E-state index in [1.807, 2.05) is 0 Å². The van der Waals surface area contributed by atoms with Crippen LogP contribution in [0.4, 0.5) is 35.5 Å². The molecule has 2 aliphatic rings. The van der Waals surface area contributed by atoms with Crippen LogP contribution in [0, 0.1) is 0 Å². The van der Waals surface area contributed by atoms with Gasteiger partial charge < -0.3 is 24.6 Å². The second kappa shape index (κ2) is 11.9. The predicted molar refractivity (Wildman–Crippen MR) is 150 cm³/mol. The number of piperazine rings is 1. The van der Waals surface area contributed by atoms with Gasteiger partial charge in [0.25, 0.3) is 5.91 Å². The maximum absolute atomic E-state index is 12.8. The van der Waals surface area contributed by atoms with Crippen LogP contribution >= 0.6 is 0 Å². The zero-order chi connectivity index (χ0) is 31.6. The van der Waals surface area contributed by atoms with E-state index in [2.05, 4.69) is 31.6 Å². The Labute approximate surface area is 246 Å². The number of alkyl halides is 3. The summed E-state index contributed by atoms with van der Waals surface area (Å²) in [4.78, 5) is 40.4. The highest BCUT2D eigenvalue weighted by Gasteiger charge is 2.52. The lowest BCUT2D eigenvalue weighted by molar-refractivity contribution is -0.154. The monoisotopic (exact) mass is 627 g/mol. The van der Waals surface area contributed by atoms with Crippen LogP contribution in [0.15, 0.2) is 36.9 Å². The molecule has 0 spiro atoms. The van der Waals surface area contributed by atoms with Crippen molar-refractivity contribution in [2.24, 2.45) is 0 Å². The Morgan fingerprint density at radius 2 is 1.67 bits per heavy atom. The number of halogens is 3. The van der Waals surface area contributed by atoms with Gasteiger partial charge in [-0.25, -0.2) is 17.9 Å². The van der Waals surface area contributed by atoms with Crippen molar-refractivity contribution in [1.82, 2.24) is 24.6 Å². The fourth-order valence-corrected chi connectivity index (χ4v) is 5.42. The summed E-state index contributed by atoms with van der Waals surface area (Å²) in [6.45, 7) is 8.22. The van der Waals surface area contributed by atoms with Crippen molar-refractivity contribution in [1.29, 1.82) is 0 Å². The molecule has 1 saturated carbocycles. The summed E-state index contributed by atoms with van der Waals surface area (Å²) in [6.07, 6.45) is -3.05. The summed E-state index contributed by atoms with van der Waals surface area (Å²) in [5, 5.41) is 2.83. The molecule has 17 heteroatoms. The highest BCUT2D eigenvalue weighted by molar-refractivity contribution is 7.92. The van der Waals surface area contributed by atoms with E-state index in [0.29, 0.717) is 18.5 Å². The summed E-state index contributed by atoms with van der Waals surface area (Å²) >= 11 is 0. The van der Waals surface area contributed by atoms with Gasteiger partial charge in [0.2, 0.25) is 21.9 Å². The van der Waals surface area contributed by atoms with Crippen LogP contribution in [-0.4, -0.2) is 89.6 Å². The lowest BCUT2D eigenvalue weighted by Crippen LogP contribution is -2.50. The summed E-state index contributed by atoms with van der Waals surface area (Å²) < 4.78 is 74.6. The van der Waals surface area contributed by atoms with Gasteiger partial charge in [-0.05, 0) is 57.9 Å². The average Bonchev–Trinajstić information content (AvgIpc) is 3.73. The molecule has 1 aromatic carbocycles. The molecule has 13 nitrogen and oxygen atoms in total. The first-order valence-electron chi connectivity index (χ1n) is 13.3. The van der Waals surface area contributed by atoms with Gasteiger partial charge in [-0.1, -0.05) is 6.08 Å². The molecule has 4 rings (SSSR count). The van der Waals surface area contributed by atoms with Gasteiger partial charge >= 0.3 is 18.3 Å². The maximum atomic E-state index is 12.8. The molecule has 1 aliphatic heterocycles. The summed E-state index contributed by atoms with van der Waals surface area (Å²) in [5.74, 6) is -0.940. The number of aromatic nitrogens is 3. The molecule has 2 aromatic rings. The van der Waals surface area contributed by atoms with E-state index in [-0.39, 0.29) is 43.6 Å². The molecule has 2 N–H and O–H groups in total. The molecule has 0 radical (unpaired) electrons. The molecular weight excluding hydrogens is 595 g/mol. The van der Waals surface area contributed by atoms with Crippen molar-refractivity contribution in [2.45, 2.75) is 50.1 Å². The molecule has 234 valence electrons. The zero-order valence-electron chi connectivity index (χ0n) is 23.8. The Morgan fingerprint density at radius 1 is 1.05 bits per heavy atom. The van der Waals surface area contributed by atoms with Crippen LogP contribution in [0.3, 0.4) is 0 Å². The standard InChI is InChI=1S/C26H32F3N7O6S/c1-5-25(10-11-25)43(39,40)34-19(37)17-6-8-18(9-7-17)30-20-31-21(33-22(32-20)41-16-26(27,28)29)35-12-14-36(15-13-35)23(38)42-24(2,3)4/h5-9H,1,10-16H2,2-4H3,(H,34,37)(H,30,31,32,33). The van der Waals surface area contributed by atoms with E-state index in [1.165, 1.54) is 35.2 Å². The molecule has 1 aromatic heterocycles. The van der Waals surface area contributed by atoms with Gasteiger partial charge in [0, 0.05) is 37.4 Å². The fourth-order valence-electron chi connectivity index (χ4n) is 3.99. The Bertz CT molecular complexity index is 1470. The van der Waals surface area contributed by atoms with Crippen LogP contribution in [0.25, 0.3) is 0 Å². The topological polar surface area (TPSA) is 156 Å². The highest BCUT2D eigenvalue weighted by atomic mass is 32.2. The number of ether oxygens (including phenoxy) is 2. The molecule has 1 saturated heterocycles. The number of hydrogen-bond acceptors (Lipinski definition) is 11. The van der Waals surface area contributed by atoms with Crippen molar-refractivity contribution in [3.8, 4) is 6.01 Å². The minimum atomic E-state index is -4.63.